The van der Waals surface area contributed by atoms with Crippen molar-refractivity contribution in [3.8, 4) is 0 Å². The Kier molecular flexibility index (Phi) is 11.8. The van der Waals surface area contributed by atoms with Gasteiger partial charge in [0, 0.05) is 6.04 Å². The molecule has 3 aromatic rings. The van der Waals surface area contributed by atoms with Gasteiger partial charge in [-0.05, 0) is 55.0 Å². The van der Waals surface area contributed by atoms with E-state index in [1.807, 2.05) is 30.3 Å². The lowest BCUT2D eigenvalue weighted by molar-refractivity contribution is -0.166. The molecule has 1 saturated carbocycles. The summed E-state index contributed by atoms with van der Waals surface area (Å²) in [5.41, 5.74) is 1.10. The standard InChI is InChI=1S/C18H14O8.C16H21NO2/c19-15(20)13(25-17(23)11-7-3-1-4-8-11)14(16(21)22)26-18(24)12-9-5-2-6-10-12;18-16(19-11-12-6-2-1-3-7-12)15-10-13-8-4-5-9-14(13)17-15/h1-10,13-14H,(H,19,20)(H,21,22);1-3,6-7,13-15,17H,4-5,8-11H2/t13-,14+;13-,14+,15+/m.1/s1. The SMILES string of the molecule is O=C(OCc1ccccc1)[C@@H]1C[C@H]2CCCC[C@@H]2N1.O=C(O[C@H](C(=O)O)[C@@H](OC(=O)c1ccccc1)C(=O)O)c1ccccc1. The maximum atomic E-state index is 12.1. The van der Waals surface area contributed by atoms with Gasteiger partial charge in [0.15, 0.2) is 0 Å². The lowest BCUT2D eigenvalue weighted by Gasteiger charge is -2.24. The molecule has 3 aromatic carbocycles. The predicted octanol–water partition coefficient (Wildman–Crippen LogP) is 4.26. The molecule has 0 aromatic heterocycles. The van der Waals surface area contributed by atoms with Gasteiger partial charge in [-0.25, -0.2) is 19.2 Å². The molecular weight excluding hydrogens is 582 g/mol. The number of carboxylic acids is 2. The number of hydrogen-bond acceptors (Lipinski definition) is 9. The molecule has 5 rings (SSSR count). The Morgan fingerprint density at radius 2 is 1.16 bits per heavy atom. The van der Waals surface area contributed by atoms with Gasteiger partial charge in [0.25, 0.3) is 0 Å². The smallest absolute Gasteiger partial charge is 0.349 e. The second-order valence-corrected chi connectivity index (χ2v) is 10.8. The minimum absolute atomic E-state index is 0.0253. The van der Waals surface area contributed by atoms with Crippen molar-refractivity contribution in [1.29, 1.82) is 0 Å². The van der Waals surface area contributed by atoms with Crippen LogP contribution in [0.15, 0.2) is 91.0 Å². The number of nitrogens with one attached hydrogen (secondary N) is 1. The average molecular weight is 618 g/mol. The first-order valence-electron chi connectivity index (χ1n) is 14.7. The van der Waals surface area contributed by atoms with Gasteiger partial charge < -0.3 is 29.7 Å². The Balaban J connectivity index is 0.000000214. The first-order chi connectivity index (χ1) is 21.7. The van der Waals surface area contributed by atoms with Crippen LogP contribution in [0, 0.1) is 5.92 Å². The van der Waals surface area contributed by atoms with Crippen LogP contribution in [-0.4, -0.2) is 64.4 Å². The second kappa shape index (κ2) is 16.2. The van der Waals surface area contributed by atoms with Crippen LogP contribution in [0.3, 0.4) is 0 Å². The molecule has 11 heteroatoms. The number of carboxylic acid groups (broad SMARTS) is 2. The van der Waals surface area contributed by atoms with Crippen LogP contribution in [0.4, 0.5) is 0 Å². The van der Waals surface area contributed by atoms with E-state index in [2.05, 4.69) is 5.32 Å². The molecule has 1 aliphatic heterocycles. The molecule has 0 amide bonds. The molecule has 0 spiro atoms. The third kappa shape index (κ3) is 9.48. The first kappa shape index (κ1) is 32.9. The summed E-state index contributed by atoms with van der Waals surface area (Å²) in [7, 11) is 0. The minimum atomic E-state index is -2.21. The number of carbonyl (C=O) groups excluding carboxylic acids is 3. The Morgan fingerprint density at radius 3 is 1.62 bits per heavy atom. The van der Waals surface area contributed by atoms with E-state index in [9.17, 15) is 34.2 Å². The highest BCUT2D eigenvalue weighted by Gasteiger charge is 2.41. The summed E-state index contributed by atoms with van der Waals surface area (Å²) in [5.74, 6) is -5.04. The van der Waals surface area contributed by atoms with Gasteiger partial charge in [0.2, 0.25) is 12.2 Å². The van der Waals surface area contributed by atoms with Crippen molar-refractivity contribution in [1.82, 2.24) is 5.32 Å². The lowest BCUT2D eigenvalue weighted by Crippen LogP contribution is -2.45. The summed E-state index contributed by atoms with van der Waals surface area (Å²) >= 11 is 0. The van der Waals surface area contributed by atoms with E-state index in [-0.39, 0.29) is 23.1 Å². The molecule has 1 saturated heterocycles. The second-order valence-electron chi connectivity index (χ2n) is 10.8. The van der Waals surface area contributed by atoms with Gasteiger partial charge in [-0.1, -0.05) is 79.6 Å². The van der Waals surface area contributed by atoms with Gasteiger partial charge in [-0.3, -0.25) is 4.79 Å². The Morgan fingerprint density at radius 1 is 0.689 bits per heavy atom. The van der Waals surface area contributed by atoms with E-state index < -0.39 is 36.1 Å². The highest BCUT2D eigenvalue weighted by molar-refractivity contribution is 5.95. The maximum absolute atomic E-state index is 12.1. The van der Waals surface area contributed by atoms with Gasteiger partial charge >= 0.3 is 29.8 Å². The molecule has 1 aliphatic carbocycles. The number of ether oxygens (including phenoxy) is 3. The zero-order valence-corrected chi connectivity index (χ0v) is 24.5. The molecule has 1 heterocycles. The van der Waals surface area contributed by atoms with Crippen LogP contribution >= 0.6 is 0 Å². The monoisotopic (exact) mass is 617 g/mol. The van der Waals surface area contributed by atoms with Gasteiger partial charge in [-0.2, -0.15) is 0 Å². The van der Waals surface area contributed by atoms with Crippen LogP contribution < -0.4 is 5.32 Å². The first-order valence-corrected chi connectivity index (χ1v) is 14.7. The molecular formula is C34H35NO10. The number of aliphatic carboxylic acids is 2. The van der Waals surface area contributed by atoms with Crippen LogP contribution in [-0.2, 0) is 35.2 Å². The van der Waals surface area contributed by atoms with E-state index in [1.165, 1.54) is 74.2 Å². The van der Waals surface area contributed by atoms with E-state index >= 15 is 0 Å². The van der Waals surface area contributed by atoms with Crippen molar-refractivity contribution in [3.63, 3.8) is 0 Å². The predicted molar refractivity (Wildman–Crippen MR) is 160 cm³/mol. The van der Waals surface area contributed by atoms with E-state index in [4.69, 9.17) is 14.2 Å². The number of esters is 3. The molecule has 2 aliphatic rings. The van der Waals surface area contributed by atoms with Gasteiger partial charge in [0.05, 0.1) is 11.1 Å². The van der Waals surface area contributed by atoms with Crippen molar-refractivity contribution < 1.29 is 48.4 Å². The van der Waals surface area contributed by atoms with Crippen molar-refractivity contribution >= 4 is 29.8 Å². The Bertz CT molecular complexity index is 1360. The normalized spacial score (nSPS) is 19.8. The summed E-state index contributed by atoms with van der Waals surface area (Å²) in [6, 6.07) is 25.1. The topological polar surface area (TPSA) is 166 Å². The van der Waals surface area contributed by atoms with E-state index in [0.717, 1.165) is 12.0 Å². The molecule has 0 radical (unpaired) electrons. The summed E-state index contributed by atoms with van der Waals surface area (Å²) < 4.78 is 14.9. The fourth-order valence-corrected chi connectivity index (χ4v) is 5.33. The summed E-state index contributed by atoms with van der Waals surface area (Å²) in [4.78, 5) is 58.9. The summed E-state index contributed by atoms with van der Waals surface area (Å²) in [6.07, 6.45) is 1.61. The third-order valence-electron chi connectivity index (χ3n) is 7.62. The van der Waals surface area contributed by atoms with Crippen molar-refractivity contribution in [2.75, 3.05) is 0 Å². The molecule has 0 unspecified atom stereocenters. The third-order valence-corrected chi connectivity index (χ3v) is 7.62. The molecule has 2 fully saturated rings. The summed E-state index contributed by atoms with van der Waals surface area (Å²) in [5, 5.41) is 21.9. The molecule has 11 nitrogen and oxygen atoms in total. The zero-order chi connectivity index (χ0) is 32.2. The Hall–Kier alpha value is -5.03. The van der Waals surface area contributed by atoms with Crippen LogP contribution in [0.1, 0.15) is 58.4 Å². The molecule has 45 heavy (non-hydrogen) atoms. The highest BCUT2D eigenvalue weighted by Crippen LogP contribution is 2.33. The van der Waals surface area contributed by atoms with Gasteiger partial charge in [0.1, 0.15) is 12.6 Å². The number of rotatable bonds is 10. The minimum Gasteiger partial charge on any atom is -0.478 e. The van der Waals surface area contributed by atoms with E-state index in [1.54, 1.807) is 12.1 Å². The number of carbonyl (C=O) groups is 5. The van der Waals surface area contributed by atoms with Crippen LogP contribution in [0.5, 0.6) is 0 Å². The number of fused-ring (bicyclic) bond motifs is 1. The molecule has 3 N–H and O–H groups in total. The van der Waals surface area contributed by atoms with Crippen molar-refractivity contribution in [2.24, 2.45) is 5.92 Å². The summed E-state index contributed by atoms with van der Waals surface area (Å²) in [6.45, 7) is 0.382. The molecule has 236 valence electrons. The maximum Gasteiger partial charge on any atom is 0.349 e. The van der Waals surface area contributed by atoms with Gasteiger partial charge in [-0.15, -0.1) is 0 Å². The lowest BCUT2D eigenvalue weighted by atomic mass is 9.85. The number of hydrogen-bond donors (Lipinski definition) is 3. The van der Waals surface area contributed by atoms with Crippen molar-refractivity contribution in [3.05, 3.63) is 108 Å². The Labute approximate surface area is 260 Å². The van der Waals surface area contributed by atoms with Crippen LogP contribution in [0.25, 0.3) is 0 Å². The van der Waals surface area contributed by atoms with E-state index in [0.29, 0.717) is 18.6 Å². The highest BCUT2D eigenvalue weighted by atomic mass is 16.6. The fourth-order valence-electron chi connectivity index (χ4n) is 5.33. The number of benzene rings is 3. The molecule has 0 bridgehead atoms. The zero-order valence-electron chi connectivity index (χ0n) is 24.5. The average Bonchev–Trinajstić information content (AvgIpc) is 3.51. The quantitative estimate of drug-likeness (QED) is 0.220. The van der Waals surface area contributed by atoms with Crippen molar-refractivity contribution in [2.45, 2.75) is 63.0 Å². The van der Waals surface area contributed by atoms with Crippen LogP contribution in [0.2, 0.25) is 0 Å². The fraction of sp³-hybridized carbons (Fsp3) is 0.324. The molecule has 5 atom stereocenters. The largest absolute Gasteiger partial charge is 0.478 e.